The molecule has 1 aromatic carbocycles. The van der Waals surface area contributed by atoms with Gasteiger partial charge in [-0.25, -0.2) is 4.79 Å². The molecule has 0 bridgehead atoms. The summed E-state index contributed by atoms with van der Waals surface area (Å²) in [6.45, 7) is 8.68. The van der Waals surface area contributed by atoms with Gasteiger partial charge >= 0.3 is 12.3 Å². The zero-order valence-corrected chi connectivity index (χ0v) is 23.6. The molecule has 39 heavy (non-hydrogen) atoms. The quantitative estimate of drug-likeness (QED) is 0.330. The molecule has 1 aromatic heterocycles. The fourth-order valence-electron chi connectivity index (χ4n) is 5.60. The van der Waals surface area contributed by atoms with Crippen molar-refractivity contribution in [2.45, 2.75) is 96.5 Å². The number of rotatable bonds is 10. The molecule has 0 N–H and O–H groups in total. The van der Waals surface area contributed by atoms with Crippen molar-refractivity contribution in [2.24, 2.45) is 0 Å². The van der Waals surface area contributed by atoms with Crippen molar-refractivity contribution in [2.75, 3.05) is 7.11 Å². The Hall–Kier alpha value is -2.79. The van der Waals surface area contributed by atoms with Gasteiger partial charge in [0.25, 0.3) is 6.47 Å². The van der Waals surface area contributed by atoms with Gasteiger partial charge in [-0.05, 0) is 69.9 Å². The number of ether oxygens (including phenoxy) is 2. The number of carbonyl (C=O) groups is 2. The Balaban J connectivity index is 1.99. The number of alkyl halides is 3. The van der Waals surface area contributed by atoms with Gasteiger partial charge in [0.2, 0.25) is 0 Å². The molecule has 216 valence electrons. The fraction of sp³-hybridized carbons (Fsp3) is 0.593. The van der Waals surface area contributed by atoms with E-state index in [0.717, 1.165) is 17.8 Å². The summed E-state index contributed by atoms with van der Waals surface area (Å²) in [7, 11) is 1.25. The van der Waals surface area contributed by atoms with Gasteiger partial charge in [-0.3, -0.25) is 14.4 Å². The highest BCUT2D eigenvalue weighted by atomic mass is 35.5. The van der Waals surface area contributed by atoms with Crippen LogP contribution in [0.5, 0.6) is 0 Å². The highest BCUT2D eigenvalue weighted by Crippen LogP contribution is 2.37. The number of piperidine rings is 1. The number of nitrogens with zero attached hydrogens (tertiary/aromatic N) is 4. The highest BCUT2D eigenvalue weighted by molar-refractivity contribution is 6.30. The topological polar surface area (TPSA) is 76.9 Å². The van der Waals surface area contributed by atoms with Crippen LogP contribution in [0.4, 0.5) is 18.0 Å². The molecule has 1 amide bonds. The normalized spacial score (nSPS) is 20.5. The molecule has 8 nitrogen and oxygen atoms in total. The lowest BCUT2D eigenvalue weighted by molar-refractivity contribution is -0.183. The summed E-state index contributed by atoms with van der Waals surface area (Å²) in [5, 5.41) is 4.55. The molecule has 0 aliphatic carbocycles. The number of benzene rings is 1. The van der Waals surface area contributed by atoms with Gasteiger partial charge in [-0.15, -0.1) is 0 Å². The summed E-state index contributed by atoms with van der Waals surface area (Å²) in [5.74, 6) is 0. The van der Waals surface area contributed by atoms with Crippen molar-refractivity contribution < 1.29 is 32.2 Å². The van der Waals surface area contributed by atoms with Crippen LogP contribution in [0.25, 0.3) is 0 Å². The summed E-state index contributed by atoms with van der Waals surface area (Å²) in [6, 6.07) is 4.56. The fourth-order valence-corrected chi connectivity index (χ4v) is 5.86. The molecule has 3 unspecified atom stereocenters. The maximum Gasteiger partial charge on any atom is 0.416 e. The second-order valence-corrected chi connectivity index (χ2v) is 10.7. The number of carbonyl (C=O) groups excluding carboxylic acids is 2. The molecule has 2 aromatic rings. The minimum Gasteiger partial charge on any atom is -0.453 e. The Bertz CT molecular complexity index is 1140. The number of likely N-dealkylation sites (tertiary alicyclic amines) is 1. The van der Waals surface area contributed by atoms with E-state index in [1.165, 1.54) is 18.1 Å². The first kappa shape index (κ1) is 30.7. The summed E-state index contributed by atoms with van der Waals surface area (Å²) >= 11 is 6.02. The van der Waals surface area contributed by atoms with Crippen LogP contribution >= 0.6 is 11.6 Å². The van der Waals surface area contributed by atoms with Gasteiger partial charge in [0.1, 0.15) is 0 Å². The number of amides is 1. The predicted molar refractivity (Wildman–Crippen MR) is 140 cm³/mol. The van der Waals surface area contributed by atoms with Crippen molar-refractivity contribution in [3.05, 3.63) is 52.3 Å². The van der Waals surface area contributed by atoms with E-state index < -0.39 is 23.6 Å². The summed E-state index contributed by atoms with van der Waals surface area (Å²) in [4.78, 5) is 28.0. The van der Waals surface area contributed by atoms with Gasteiger partial charge in [0.05, 0.1) is 18.4 Å². The van der Waals surface area contributed by atoms with Crippen LogP contribution in [0.3, 0.4) is 0 Å². The SMILES string of the molecule is CCC1CC(N(Cc2cc(Cl)cc(C(F)(F)F)c2)C(=O)OC)CC(Cc2ccn(CC)n2)N1C(C)(C)OC=O. The average Bonchev–Trinajstić information content (AvgIpc) is 3.32. The molecule has 12 heteroatoms. The first-order chi connectivity index (χ1) is 18.3. The number of hydrogen-bond acceptors (Lipinski definition) is 6. The Morgan fingerprint density at radius 1 is 1.21 bits per heavy atom. The Morgan fingerprint density at radius 2 is 1.90 bits per heavy atom. The van der Waals surface area contributed by atoms with Crippen LogP contribution in [0.1, 0.15) is 63.8 Å². The molecular weight excluding hydrogens is 537 g/mol. The zero-order chi connectivity index (χ0) is 29.0. The molecular formula is C27H36ClF3N4O4. The van der Waals surface area contributed by atoms with Crippen LogP contribution < -0.4 is 0 Å². The maximum atomic E-state index is 13.5. The van der Waals surface area contributed by atoms with E-state index in [1.54, 1.807) is 0 Å². The minimum atomic E-state index is -4.58. The standard InChI is InChI=1S/C27H36ClF3N4O4/c1-6-22-14-23(34(25(37)38-5)16-18-10-19(27(29,30)31)12-20(28)11-18)15-24(35(22)26(3,4)39-17-36)13-21-8-9-33(7-2)32-21/h8-12,17,22-24H,6-7,13-16H2,1-5H3. The molecule has 1 saturated heterocycles. The van der Waals surface area contributed by atoms with Gasteiger partial charge in [-0.1, -0.05) is 18.5 Å². The van der Waals surface area contributed by atoms with Crippen LogP contribution in [0.2, 0.25) is 5.02 Å². The third-order valence-electron chi connectivity index (χ3n) is 7.26. The van der Waals surface area contributed by atoms with E-state index in [1.807, 2.05) is 44.6 Å². The monoisotopic (exact) mass is 572 g/mol. The van der Waals surface area contributed by atoms with E-state index in [-0.39, 0.29) is 35.3 Å². The largest absolute Gasteiger partial charge is 0.453 e. The number of aromatic nitrogens is 2. The molecule has 0 radical (unpaired) electrons. The Labute approximate surface area is 232 Å². The number of halogens is 4. The summed E-state index contributed by atoms with van der Waals surface area (Å²) in [5.41, 5.74) is -0.721. The lowest BCUT2D eigenvalue weighted by Gasteiger charge is -2.52. The summed E-state index contributed by atoms with van der Waals surface area (Å²) in [6.07, 6.45) is -1.15. The molecule has 0 spiro atoms. The lowest BCUT2D eigenvalue weighted by atomic mass is 9.85. The van der Waals surface area contributed by atoms with Crippen molar-refractivity contribution >= 4 is 24.2 Å². The number of aryl methyl sites for hydroxylation is 1. The third kappa shape index (κ3) is 7.45. The van der Waals surface area contributed by atoms with Crippen LogP contribution in [-0.4, -0.2) is 63.1 Å². The summed E-state index contributed by atoms with van der Waals surface area (Å²) < 4.78 is 52.8. The Kier molecular flexibility index (Phi) is 9.93. The third-order valence-corrected chi connectivity index (χ3v) is 7.48. The van der Waals surface area contributed by atoms with Gasteiger partial charge in [0, 0.05) is 48.9 Å². The van der Waals surface area contributed by atoms with E-state index in [9.17, 15) is 22.8 Å². The van der Waals surface area contributed by atoms with Crippen molar-refractivity contribution in [3.63, 3.8) is 0 Å². The smallest absolute Gasteiger partial charge is 0.416 e. The first-order valence-corrected chi connectivity index (χ1v) is 13.3. The van der Waals surface area contributed by atoms with E-state index in [2.05, 4.69) is 10.00 Å². The number of hydrogen-bond donors (Lipinski definition) is 0. The molecule has 3 atom stereocenters. The minimum absolute atomic E-state index is 0.0666. The second kappa shape index (κ2) is 12.6. The van der Waals surface area contributed by atoms with Gasteiger partial charge in [-0.2, -0.15) is 18.3 Å². The maximum absolute atomic E-state index is 13.5. The van der Waals surface area contributed by atoms with Crippen molar-refractivity contribution in [1.82, 2.24) is 19.6 Å². The predicted octanol–water partition coefficient (Wildman–Crippen LogP) is 5.91. The molecule has 1 fully saturated rings. The zero-order valence-electron chi connectivity index (χ0n) is 22.9. The number of methoxy groups -OCH3 is 1. The molecule has 0 saturated carbocycles. The van der Waals surface area contributed by atoms with Crippen molar-refractivity contribution in [1.29, 1.82) is 0 Å². The van der Waals surface area contributed by atoms with Crippen molar-refractivity contribution in [3.8, 4) is 0 Å². The second-order valence-electron chi connectivity index (χ2n) is 10.2. The van der Waals surface area contributed by atoms with Crippen LogP contribution in [0.15, 0.2) is 30.5 Å². The molecule has 1 aliphatic heterocycles. The molecule has 1 aliphatic rings. The van der Waals surface area contributed by atoms with E-state index in [4.69, 9.17) is 21.1 Å². The molecule has 3 rings (SSSR count). The highest BCUT2D eigenvalue weighted by Gasteiger charge is 2.46. The van der Waals surface area contributed by atoms with E-state index in [0.29, 0.717) is 38.7 Å². The van der Waals surface area contributed by atoms with Gasteiger partial charge in [0.15, 0.2) is 5.72 Å². The molecule has 2 heterocycles. The van der Waals surface area contributed by atoms with Gasteiger partial charge < -0.3 is 14.4 Å². The van der Waals surface area contributed by atoms with E-state index >= 15 is 0 Å². The lowest BCUT2D eigenvalue weighted by Crippen LogP contribution is -2.63. The average molecular weight is 573 g/mol. The van der Waals surface area contributed by atoms with Crippen LogP contribution in [-0.2, 0) is 40.0 Å². The Morgan fingerprint density at radius 3 is 2.46 bits per heavy atom. The first-order valence-electron chi connectivity index (χ1n) is 13.0. The van der Waals surface area contributed by atoms with Crippen LogP contribution in [0, 0.1) is 0 Å².